The first kappa shape index (κ1) is 13.7. The van der Waals surface area contributed by atoms with E-state index in [0.29, 0.717) is 32.0 Å². The minimum absolute atomic E-state index is 0.417. The molecule has 0 saturated carbocycles. The molecule has 1 aliphatic rings. The average molecular weight is 274 g/mol. The standard InChI is InChI=1S/C12H13F3N2O2/c13-12(14,15)10-7-8(1-2-9(10)11(16)18)17-3-5-19-6-4-17/h1-2,7H,3-6H2,(H2,16,18). The first-order chi connectivity index (χ1) is 8.89. The monoisotopic (exact) mass is 274 g/mol. The van der Waals surface area contributed by atoms with Crippen LogP contribution in [0.25, 0.3) is 0 Å². The van der Waals surface area contributed by atoms with Crippen molar-refractivity contribution in [3.8, 4) is 0 Å². The van der Waals surface area contributed by atoms with Gasteiger partial charge in [0.2, 0.25) is 5.91 Å². The summed E-state index contributed by atoms with van der Waals surface area (Å²) in [7, 11) is 0. The fraction of sp³-hybridized carbons (Fsp3) is 0.417. The van der Waals surface area contributed by atoms with Crippen molar-refractivity contribution < 1.29 is 22.7 Å². The molecule has 0 aromatic heterocycles. The average Bonchev–Trinajstić information content (AvgIpc) is 2.38. The maximum atomic E-state index is 12.9. The van der Waals surface area contributed by atoms with E-state index in [0.717, 1.165) is 12.1 Å². The minimum Gasteiger partial charge on any atom is -0.378 e. The summed E-state index contributed by atoms with van der Waals surface area (Å²) in [5.41, 5.74) is 3.88. The molecule has 0 spiro atoms. The zero-order valence-corrected chi connectivity index (χ0v) is 10.0. The van der Waals surface area contributed by atoms with Crippen LogP contribution in [0.5, 0.6) is 0 Å². The van der Waals surface area contributed by atoms with Crippen LogP contribution in [0.3, 0.4) is 0 Å². The number of hydrogen-bond donors (Lipinski definition) is 1. The van der Waals surface area contributed by atoms with Gasteiger partial charge in [-0.1, -0.05) is 0 Å². The van der Waals surface area contributed by atoms with E-state index in [1.807, 2.05) is 0 Å². The second-order valence-electron chi connectivity index (χ2n) is 4.19. The molecular formula is C12H13F3N2O2. The van der Waals surface area contributed by atoms with Gasteiger partial charge in [0.15, 0.2) is 0 Å². The molecule has 2 rings (SSSR count). The predicted molar refractivity (Wildman–Crippen MR) is 63.0 cm³/mol. The molecule has 0 atom stereocenters. The van der Waals surface area contributed by atoms with Gasteiger partial charge in [-0.05, 0) is 18.2 Å². The zero-order chi connectivity index (χ0) is 14.0. The molecule has 7 heteroatoms. The topological polar surface area (TPSA) is 55.6 Å². The molecule has 1 saturated heterocycles. The number of amides is 1. The summed E-state index contributed by atoms with van der Waals surface area (Å²) in [6, 6.07) is 3.56. The van der Waals surface area contributed by atoms with Gasteiger partial charge in [0, 0.05) is 18.8 Å². The Morgan fingerprint density at radius 2 is 1.89 bits per heavy atom. The van der Waals surface area contributed by atoms with Crippen LogP contribution in [-0.2, 0) is 10.9 Å². The molecule has 1 aromatic rings. The second-order valence-corrected chi connectivity index (χ2v) is 4.19. The molecule has 0 bridgehead atoms. The van der Waals surface area contributed by atoms with Gasteiger partial charge in [-0.25, -0.2) is 0 Å². The van der Waals surface area contributed by atoms with Crippen molar-refractivity contribution >= 4 is 11.6 Å². The molecule has 1 heterocycles. The predicted octanol–water partition coefficient (Wildman–Crippen LogP) is 1.64. The summed E-state index contributed by atoms with van der Waals surface area (Å²) in [4.78, 5) is 12.8. The lowest BCUT2D eigenvalue weighted by Crippen LogP contribution is -2.36. The highest BCUT2D eigenvalue weighted by molar-refractivity contribution is 5.95. The van der Waals surface area contributed by atoms with Crippen LogP contribution in [0.4, 0.5) is 18.9 Å². The molecular weight excluding hydrogens is 261 g/mol. The molecule has 19 heavy (non-hydrogen) atoms. The Morgan fingerprint density at radius 1 is 1.26 bits per heavy atom. The van der Waals surface area contributed by atoms with E-state index < -0.39 is 23.2 Å². The lowest BCUT2D eigenvalue weighted by atomic mass is 10.0. The van der Waals surface area contributed by atoms with Crippen molar-refractivity contribution in [1.29, 1.82) is 0 Å². The van der Waals surface area contributed by atoms with Gasteiger partial charge in [-0.3, -0.25) is 4.79 Å². The third-order valence-electron chi connectivity index (χ3n) is 2.95. The van der Waals surface area contributed by atoms with Crippen molar-refractivity contribution in [2.45, 2.75) is 6.18 Å². The Morgan fingerprint density at radius 3 is 2.42 bits per heavy atom. The number of hydrogen-bond acceptors (Lipinski definition) is 3. The molecule has 2 N–H and O–H groups in total. The number of carbonyl (C=O) groups is 1. The number of carbonyl (C=O) groups excluding carboxylic acids is 1. The summed E-state index contributed by atoms with van der Waals surface area (Å²) in [6.45, 7) is 1.98. The van der Waals surface area contributed by atoms with Crippen molar-refractivity contribution in [1.82, 2.24) is 0 Å². The summed E-state index contributed by atoms with van der Waals surface area (Å²) in [5.74, 6) is -1.08. The molecule has 104 valence electrons. The molecule has 0 radical (unpaired) electrons. The largest absolute Gasteiger partial charge is 0.417 e. The van der Waals surface area contributed by atoms with Gasteiger partial charge in [0.1, 0.15) is 0 Å². The highest BCUT2D eigenvalue weighted by Gasteiger charge is 2.35. The first-order valence-electron chi connectivity index (χ1n) is 5.73. The Labute approximate surface area is 107 Å². The smallest absolute Gasteiger partial charge is 0.378 e. The SMILES string of the molecule is NC(=O)c1ccc(N2CCOCC2)cc1C(F)(F)F. The molecule has 0 aliphatic carbocycles. The molecule has 0 unspecified atom stereocenters. The quantitative estimate of drug-likeness (QED) is 0.892. The molecule has 4 nitrogen and oxygen atoms in total. The summed E-state index contributed by atoms with van der Waals surface area (Å²) in [5, 5.41) is 0. The lowest BCUT2D eigenvalue weighted by molar-refractivity contribution is -0.137. The normalized spacial score (nSPS) is 16.5. The Kier molecular flexibility index (Phi) is 3.66. The third kappa shape index (κ3) is 2.98. The Hall–Kier alpha value is -1.76. The van der Waals surface area contributed by atoms with Crippen LogP contribution in [0, 0.1) is 0 Å². The summed E-state index contributed by atoms with van der Waals surface area (Å²) < 4.78 is 43.9. The van der Waals surface area contributed by atoms with E-state index >= 15 is 0 Å². The number of rotatable bonds is 2. The highest BCUT2D eigenvalue weighted by atomic mass is 19.4. The number of alkyl halides is 3. The maximum absolute atomic E-state index is 12.9. The lowest BCUT2D eigenvalue weighted by Gasteiger charge is -2.29. The molecule has 1 fully saturated rings. The van der Waals surface area contributed by atoms with E-state index in [2.05, 4.69) is 0 Å². The first-order valence-corrected chi connectivity index (χ1v) is 5.73. The van der Waals surface area contributed by atoms with Crippen LogP contribution in [0.1, 0.15) is 15.9 Å². The van der Waals surface area contributed by atoms with Gasteiger partial charge in [-0.2, -0.15) is 13.2 Å². The number of nitrogens with two attached hydrogens (primary N) is 1. The Bertz CT molecular complexity index is 482. The van der Waals surface area contributed by atoms with Crippen LogP contribution < -0.4 is 10.6 Å². The van der Waals surface area contributed by atoms with Gasteiger partial charge >= 0.3 is 6.18 Å². The fourth-order valence-corrected chi connectivity index (χ4v) is 2.00. The van der Waals surface area contributed by atoms with E-state index in [9.17, 15) is 18.0 Å². The van der Waals surface area contributed by atoms with E-state index in [1.165, 1.54) is 6.07 Å². The van der Waals surface area contributed by atoms with Crippen molar-refractivity contribution in [3.63, 3.8) is 0 Å². The van der Waals surface area contributed by atoms with Crippen molar-refractivity contribution in [2.24, 2.45) is 5.73 Å². The zero-order valence-electron chi connectivity index (χ0n) is 10.0. The van der Waals surface area contributed by atoms with E-state index in [4.69, 9.17) is 10.5 Å². The minimum atomic E-state index is -4.60. The summed E-state index contributed by atoms with van der Waals surface area (Å²) in [6.07, 6.45) is -4.60. The van der Waals surface area contributed by atoms with Crippen molar-refractivity contribution in [2.75, 3.05) is 31.2 Å². The number of halogens is 3. The van der Waals surface area contributed by atoms with Gasteiger partial charge in [0.05, 0.1) is 24.3 Å². The number of ether oxygens (including phenoxy) is 1. The van der Waals surface area contributed by atoms with Gasteiger partial charge < -0.3 is 15.4 Å². The fourth-order valence-electron chi connectivity index (χ4n) is 2.00. The third-order valence-corrected chi connectivity index (χ3v) is 2.95. The number of primary amides is 1. The highest BCUT2D eigenvalue weighted by Crippen LogP contribution is 2.34. The number of benzene rings is 1. The van der Waals surface area contributed by atoms with Crippen molar-refractivity contribution in [3.05, 3.63) is 29.3 Å². The maximum Gasteiger partial charge on any atom is 0.417 e. The van der Waals surface area contributed by atoms with E-state index in [-0.39, 0.29) is 0 Å². The summed E-state index contributed by atoms with van der Waals surface area (Å²) >= 11 is 0. The van der Waals surface area contributed by atoms with E-state index in [1.54, 1.807) is 4.90 Å². The van der Waals surface area contributed by atoms with Crippen LogP contribution in [0.2, 0.25) is 0 Å². The van der Waals surface area contributed by atoms with Gasteiger partial charge in [0.25, 0.3) is 0 Å². The van der Waals surface area contributed by atoms with Crippen LogP contribution >= 0.6 is 0 Å². The van der Waals surface area contributed by atoms with Gasteiger partial charge in [-0.15, -0.1) is 0 Å². The Balaban J connectivity index is 2.40. The number of anilines is 1. The molecule has 1 aliphatic heterocycles. The number of nitrogens with zero attached hydrogens (tertiary/aromatic N) is 1. The second kappa shape index (κ2) is 5.08. The number of morpholine rings is 1. The van der Waals surface area contributed by atoms with Crippen LogP contribution in [0.15, 0.2) is 18.2 Å². The van der Waals surface area contributed by atoms with Crippen LogP contribution in [-0.4, -0.2) is 32.2 Å². The molecule has 1 aromatic carbocycles. The molecule has 1 amide bonds.